The lowest BCUT2D eigenvalue weighted by Crippen LogP contribution is -2.36. The van der Waals surface area contributed by atoms with Gasteiger partial charge in [0.05, 0.1) is 30.0 Å². The fourth-order valence-electron chi connectivity index (χ4n) is 3.35. The number of ether oxygens (including phenoxy) is 1. The Kier molecular flexibility index (Phi) is 9.47. The molecule has 1 amide bonds. The number of hydrogen-bond acceptors (Lipinski definition) is 6. The smallest absolute Gasteiger partial charge is 0.306 e. The van der Waals surface area contributed by atoms with Gasteiger partial charge in [-0.05, 0) is 45.4 Å². The number of carbonyl (C=O) groups excluding carboxylic acids is 2. The SMILES string of the molecule is CCOC(=O)CCC(=O)N(CCCCCCN)C(C)c1nc2ccccc2c(=O)[nH]1. The predicted octanol–water partition coefficient (Wildman–Crippen LogP) is 2.68. The minimum atomic E-state index is -0.425. The van der Waals surface area contributed by atoms with Crippen LogP contribution in [0, 0.1) is 0 Å². The van der Waals surface area contributed by atoms with Gasteiger partial charge in [0.25, 0.3) is 5.56 Å². The van der Waals surface area contributed by atoms with E-state index in [0.29, 0.717) is 29.8 Å². The van der Waals surface area contributed by atoms with Crippen LogP contribution in [-0.2, 0) is 14.3 Å². The molecule has 0 saturated heterocycles. The number of nitrogens with one attached hydrogen (secondary N) is 1. The Morgan fingerprint density at radius 2 is 1.90 bits per heavy atom. The Labute approximate surface area is 176 Å². The van der Waals surface area contributed by atoms with Crippen LogP contribution in [0.4, 0.5) is 0 Å². The van der Waals surface area contributed by atoms with Crippen molar-refractivity contribution in [2.75, 3.05) is 19.7 Å². The molecule has 0 aliphatic rings. The summed E-state index contributed by atoms with van der Waals surface area (Å²) in [6, 6.07) is 6.68. The normalized spacial score (nSPS) is 12.0. The summed E-state index contributed by atoms with van der Waals surface area (Å²) in [6.45, 7) is 5.04. The van der Waals surface area contributed by atoms with E-state index < -0.39 is 12.0 Å². The first-order valence-corrected chi connectivity index (χ1v) is 10.6. The van der Waals surface area contributed by atoms with Gasteiger partial charge in [0.1, 0.15) is 5.82 Å². The topological polar surface area (TPSA) is 118 Å². The first kappa shape index (κ1) is 23.5. The molecule has 0 fully saturated rings. The van der Waals surface area contributed by atoms with Crippen molar-refractivity contribution in [3.63, 3.8) is 0 Å². The van der Waals surface area contributed by atoms with Gasteiger partial charge >= 0.3 is 5.97 Å². The zero-order valence-corrected chi connectivity index (χ0v) is 17.9. The first-order valence-electron chi connectivity index (χ1n) is 10.6. The van der Waals surface area contributed by atoms with Crippen LogP contribution in [0.3, 0.4) is 0 Å². The molecule has 0 spiro atoms. The predicted molar refractivity (Wildman–Crippen MR) is 116 cm³/mol. The summed E-state index contributed by atoms with van der Waals surface area (Å²) in [6.07, 6.45) is 3.81. The molecule has 0 saturated carbocycles. The quantitative estimate of drug-likeness (QED) is 0.406. The fraction of sp³-hybridized carbons (Fsp3) is 0.545. The van der Waals surface area contributed by atoms with E-state index in [-0.39, 0.29) is 30.9 Å². The second kappa shape index (κ2) is 12.1. The van der Waals surface area contributed by atoms with Crippen LogP contribution in [0.15, 0.2) is 29.1 Å². The van der Waals surface area contributed by atoms with Crippen LogP contribution >= 0.6 is 0 Å². The molecule has 1 atom stereocenters. The number of para-hydroxylation sites is 1. The highest BCUT2D eigenvalue weighted by Crippen LogP contribution is 2.20. The molecule has 2 aromatic rings. The van der Waals surface area contributed by atoms with E-state index in [0.717, 1.165) is 25.7 Å². The molecule has 1 unspecified atom stereocenters. The number of unbranched alkanes of at least 4 members (excludes halogenated alkanes) is 3. The van der Waals surface area contributed by atoms with Crippen LogP contribution < -0.4 is 11.3 Å². The number of nitrogens with zero attached hydrogens (tertiary/aromatic N) is 2. The van der Waals surface area contributed by atoms with Gasteiger partial charge in [-0.25, -0.2) is 4.98 Å². The van der Waals surface area contributed by atoms with E-state index in [1.165, 1.54) is 0 Å². The third kappa shape index (κ3) is 6.66. The Morgan fingerprint density at radius 1 is 1.17 bits per heavy atom. The molecule has 0 bridgehead atoms. The standard InChI is InChI=1S/C22H32N4O4/c1-3-30-20(28)13-12-19(27)26(15-9-5-4-8-14-23)16(2)21-24-18-11-7-6-10-17(18)22(29)25-21/h6-7,10-11,16H,3-5,8-9,12-15,23H2,1-2H3,(H,24,25,29). The number of amides is 1. The lowest BCUT2D eigenvalue weighted by molar-refractivity contribution is -0.146. The van der Waals surface area contributed by atoms with E-state index >= 15 is 0 Å². The largest absolute Gasteiger partial charge is 0.466 e. The molecular weight excluding hydrogens is 384 g/mol. The highest BCUT2D eigenvalue weighted by Gasteiger charge is 2.24. The summed E-state index contributed by atoms with van der Waals surface area (Å²) >= 11 is 0. The van der Waals surface area contributed by atoms with Crippen LogP contribution in [0.1, 0.15) is 64.2 Å². The average molecular weight is 417 g/mol. The lowest BCUT2D eigenvalue weighted by atomic mass is 10.1. The minimum Gasteiger partial charge on any atom is -0.466 e. The monoisotopic (exact) mass is 416 g/mol. The first-order chi connectivity index (χ1) is 14.5. The van der Waals surface area contributed by atoms with Gasteiger partial charge in [-0.2, -0.15) is 0 Å². The van der Waals surface area contributed by atoms with Gasteiger partial charge in [0, 0.05) is 13.0 Å². The maximum absolute atomic E-state index is 12.9. The molecule has 1 aromatic carbocycles. The van der Waals surface area contributed by atoms with E-state index in [1.54, 1.807) is 30.0 Å². The van der Waals surface area contributed by atoms with Crippen molar-refractivity contribution >= 4 is 22.8 Å². The number of H-pyrrole nitrogens is 1. The summed E-state index contributed by atoms with van der Waals surface area (Å²) in [5.41, 5.74) is 5.90. The number of fused-ring (bicyclic) bond motifs is 1. The zero-order chi connectivity index (χ0) is 21.9. The van der Waals surface area contributed by atoms with Crippen LogP contribution in [0.5, 0.6) is 0 Å². The summed E-state index contributed by atoms with van der Waals surface area (Å²) in [7, 11) is 0. The minimum absolute atomic E-state index is 0.0325. The molecule has 8 heteroatoms. The van der Waals surface area contributed by atoms with Gasteiger partial charge in [-0.15, -0.1) is 0 Å². The maximum atomic E-state index is 12.9. The molecular formula is C22H32N4O4. The molecule has 30 heavy (non-hydrogen) atoms. The second-order valence-corrected chi connectivity index (χ2v) is 7.24. The van der Waals surface area contributed by atoms with Crippen molar-refractivity contribution in [1.82, 2.24) is 14.9 Å². The lowest BCUT2D eigenvalue weighted by Gasteiger charge is -2.29. The third-order valence-electron chi connectivity index (χ3n) is 5.02. The molecule has 8 nitrogen and oxygen atoms in total. The van der Waals surface area contributed by atoms with E-state index in [4.69, 9.17) is 10.5 Å². The molecule has 164 valence electrons. The summed E-state index contributed by atoms with van der Waals surface area (Å²) in [5, 5.41) is 0.510. The van der Waals surface area contributed by atoms with Gasteiger partial charge < -0.3 is 20.4 Å². The molecule has 3 N–H and O–H groups in total. The Balaban J connectivity index is 2.18. The molecule has 1 heterocycles. The van der Waals surface area contributed by atoms with Crippen LogP contribution in [-0.4, -0.2) is 46.4 Å². The number of aromatic nitrogens is 2. The third-order valence-corrected chi connectivity index (χ3v) is 5.02. The van der Waals surface area contributed by atoms with Crippen molar-refractivity contribution in [3.8, 4) is 0 Å². The number of rotatable bonds is 12. The van der Waals surface area contributed by atoms with E-state index in [2.05, 4.69) is 9.97 Å². The van der Waals surface area contributed by atoms with E-state index in [1.807, 2.05) is 13.0 Å². The Morgan fingerprint density at radius 3 is 2.63 bits per heavy atom. The highest BCUT2D eigenvalue weighted by atomic mass is 16.5. The number of benzene rings is 1. The molecule has 1 aromatic heterocycles. The Hall–Kier alpha value is -2.74. The zero-order valence-electron chi connectivity index (χ0n) is 17.9. The van der Waals surface area contributed by atoms with Gasteiger partial charge in [-0.3, -0.25) is 14.4 Å². The van der Waals surface area contributed by atoms with Gasteiger partial charge in [0.15, 0.2) is 0 Å². The molecule has 0 radical (unpaired) electrons. The maximum Gasteiger partial charge on any atom is 0.306 e. The van der Waals surface area contributed by atoms with Crippen molar-refractivity contribution in [2.45, 2.75) is 58.4 Å². The van der Waals surface area contributed by atoms with Gasteiger partial charge in [0.2, 0.25) is 5.91 Å². The van der Waals surface area contributed by atoms with Crippen LogP contribution in [0.25, 0.3) is 10.9 Å². The average Bonchev–Trinajstić information content (AvgIpc) is 2.74. The fourth-order valence-corrected chi connectivity index (χ4v) is 3.35. The number of nitrogens with two attached hydrogens (primary N) is 1. The van der Waals surface area contributed by atoms with E-state index in [9.17, 15) is 14.4 Å². The van der Waals surface area contributed by atoms with Gasteiger partial charge in [-0.1, -0.05) is 25.0 Å². The summed E-state index contributed by atoms with van der Waals surface area (Å²) in [5.74, 6) is -0.117. The summed E-state index contributed by atoms with van der Waals surface area (Å²) < 4.78 is 4.93. The van der Waals surface area contributed by atoms with Crippen LogP contribution in [0.2, 0.25) is 0 Å². The Bertz CT molecular complexity index is 896. The number of aromatic amines is 1. The number of esters is 1. The van der Waals surface area contributed by atoms with Crippen molar-refractivity contribution in [2.24, 2.45) is 5.73 Å². The number of carbonyl (C=O) groups is 2. The van der Waals surface area contributed by atoms with Crippen molar-refractivity contribution < 1.29 is 14.3 Å². The second-order valence-electron chi connectivity index (χ2n) is 7.24. The highest BCUT2D eigenvalue weighted by molar-refractivity contribution is 5.82. The molecule has 0 aliphatic heterocycles. The van der Waals surface area contributed by atoms with Crippen molar-refractivity contribution in [1.29, 1.82) is 0 Å². The van der Waals surface area contributed by atoms with Crippen molar-refractivity contribution in [3.05, 3.63) is 40.4 Å². The number of hydrogen-bond donors (Lipinski definition) is 2. The summed E-state index contributed by atoms with van der Waals surface area (Å²) in [4.78, 5) is 46.1. The molecule has 2 rings (SSSR count). The molecule has 0 aliphatic carbocycles.